The molecule has 94 valence electrons. The number of hydrogen-bond donors (Lipinski definition) is 2. The molecule has 4 nitrogen and oxygen atoms in total. The second-order valence-corrected chi connectivity index (χ2v) is 4.07. The second-order valence-electron chi connectivity index (χ2n) is 4.07. The van der Waals surface area contributed by atoms with Crippen LogP contribution in [0.5, 0.6) is 5.75 Å². The summed E-state index contributed by atoms with van der Waals surface area (Å²) in [5.41, 5.74) is 1.61. The van der Waals surface area contributed by atoms with Crippen molar-refractivity contribution < 1.29 is 19.7 Å². The molecular formula is C13H18O4. The number of carboxylic acid groups (broad SMARTS) is 1. The van der Waals surface area contributed by atoms with Gasteiger partial charge in [0.2, 0.25) is 0 Å². The molecule has 1 unspecified atom stereocenters. The molecule has 0 aromatic heterocycles. The van der Waals surface area contributed by atoms with E-state index < -0.39 is 18.2 Å². The molecule has 2 atom stereocenters. The molecule has 1 aromatic rings. The van der Waals surface area contributed by atoms with Gasteiger partial charge < -0.3 is 14.9 Å². The summed E-state index contributed by atoms with van der Waals surface area (Å²) < 4.78 is 5.41. The highest BCUT2D eigenvalue weighted by Gasteiger charge is 2.19. The number of ether oxygens (including phenoxy) is 1. The first-order chi connectivity index (χ1) is 7.95. The fourth-order valence-corrected chi connectivity index (χ4v) is 1.56. The summed E-state index contributed by atoms with van der Waals surface area (Å²) in [6.45, 7) is 5.28. The van der Waals surface area contributed by atoms with Gasteiger partial charge in [0, 0.05) is 5.56 Å². The van der Waals surface area contributed by atoms with Crippen molar-refractivity contribution in [3.8, 4) is 5.75 Å². The fourth-order valence-electron chi connectivity index (χ4n) is 1.56. The van der Waals surface area contributed by atoms with E-state index in [0.29, 0.717) is 17.7 Å². The van der Waals surface area contributed by atoms with Crippen molar-refractivity contribution in [2.24, 2.45) is 0 Å². The lowest BCUT2D eigenvalue weighted by Gasteiger charge is -2.18. The zero-order valence-electron chi connectivity index (χ0n) is 10.3. The number of hydrogen-bond acceptors (Lipinski definition) is 3. The Morgan fingerprint density at radius 2 is 2.12 bits per heavy atom. The maximum Gasteiger partial charge on any atom is 0.344 e. The van der Waals surface area contributed by atoms with Crippen molar-refractivity contribution >= 4 is 5.97 Å². The molecule has 1 rings (SSSR count). The van der Waals surface area contributed by atoms with Gasteiger partial charge in [-0.2, -0.15) is 0 Å². The Balaban J connectivity index is 3.01. The van der Waals surface area contributed by atoms with Crippen molar-refractivity contribution in [3.63, 3.8) is 0 Å². The van der Waals surface area contributed by atoms with Crippen LogP contribution in [0.3, 0.4) is 0 Å². The van der Waals surface area contributed by atoms with Gasteiger partial charge in [0.1, 0.15) is 5.75 Å². The highest BCUT2D eigenvalue weighted by molar-refractivity contribution is 5.72. The van der Waals surface area contributed by atoms with Crippen LogP contribution < -0.4 is 4.74 Å². The number of rotatable bonds is 5. The van der Waals surface area contributed by atoms with Gasteiger partial charge in [0.05, 0.1) is 6.10 Å². The van der Waals surface area contributed by atoms with Crippen LogP contribution in [0, 0.1) is 6.92 Å². The van der Waals surface area contributed by atoms with Gasteiger partial charge in [-0.15, -0.1) is 0 Å². The molecule has 0 saturated carbocycles. The van der Waals surface area contributed by atoms with Crippen LogP contribution in [0.15, 0.2) is 18.2 Å². The third kappa shape index (κ3) is 3.46. The summed E-state index contributed by atoms with van der Waals surface area (Å²) in [5, 5.41) is 18.6. The predicted octanol–water partition coefficient (Wildman–Crippen LogP) is 2.29. The minimum absolute atomic E-state index is 0.377. The summed E-state index contributed by atoms with van der Waals surface area (Å²) >= 11 is 0. The van der Waals surface area contributed by atoms with Crippen LogP contribution in [0.1, 0.15) is 37.5 Å². The lowest BCUT2D eigenvalue weighted by atomic mass is 10.1. The van der Waals surface area contributed by atoms with Crippen molar-refractivity contribution in [1.29, 1.82) is 0 Å². The van der Waals surface area contributed by atoms with Crippen LogP contribution >= 0.6 is 0 Å². The molecule has 0 aliphatic heterocycles. The molecular weight excluding hydrogens is 220 g/mol. The van der Waals surface area contributed by atoms with E-state index in [4.69, 9.17) is 9.84 Å². The third-order valence-corrected chi connectivity index (χ3v) is 2.53. The van der Waals surface area contributed by atoms with Gasteiger partial charge in [-0.3, -0.25) is 0 Å². The number of aryl methyl sites for hydroxylation is 1. The molecule has 1 aromatic carbocycles. The maximum absolute atomic E-state index is 10.9. The first-order valence-electron chi connectivity index (χ1n) is 5.63. The van der Waals surface area contributed by atoms with Gasteiger partial charge in [0.25, 0.3) is 0 Å². The van der Waals surface area contributed by atoms with Gasteiger partial charge >= 0.3 is 5.97 Å². The van der Waals surface area contributed by atoms with Crippen LogP contribution in [0.2, 0.25) is 0 Å². The van der Waals surface area contributed by atoms with E-state index in [-0.39, 0.29) is 0 Å². The Hall–Kier alpha value is -1.55. The van der Waals surface area contributed by atoms with E-state index in [0.717, 1.165) is 5.56 Å². The second kappa shape index (κ2) is 5.68. The first-order valence-corrected chi connectivity index (χ1v) is 5.63. The Labute approximate surface area is 101 Å². The molecule has 4 heteroatoms. The van der Waals surface area contributed by atoms with E-state index >= 15 is 0 Å². The smallest absolute Gasteiger partial charge is 0.344 e. The molecule has 0 fully saturated rings. The SMILES string of the molecule is CCC(Oc1ccc(C)cc1[C@@H](C)O)C(=O)O. The van der Waals surface area contributed by atoms with Crippen molar-refractivity contribution in [1.82, 2.24) is 0 Å². The molecule has 0 amide bonds. The number of aliphatic carboxylic acids is 1. The van der Waals surface area contributed by atoms with Crippen molar-refractivity contribution in [2.75, 3.05) is 0 Å². The molecule has 0 bridgehead atoms. The van der Waals surface area contributed by atoms with E-state index in [1.165, 1.54) is 0 Å². The minimum atomic E-state index is -0.996. The van der Waals surface area contributed by atoms with Gasteiger partial charge in [-0.25, -0.2) is 4.79 Å². The summed E-state index contributed by atoms with van der Waals surface area (Å²) in [7, 11) is 0. The molecule has 0 heterocycles. The van der Waals surface area contributed by atoms with Crippen molar-refractivity contribution in [3.05, 3.63) is 29.3 Å². The minimum Gasteiger partial charge on any atom is -0.479 e. The molecule has 2 N–H and O–H groups in total. The number of aliphatic hydroxyl groups excluding tert-OH is 1. The normalized spacial score (nSPS) is 14.1. The van der Waals surface area contributed by atoms with Crippen LogP contribution in [-0.4, -0.2) is 22.3 Å². The molecule has 17 heavy (non-hydrogen) atoms. The summed E-state index contributed by atoms with van der Waals surface area (Å²) in [6.07, 6.45) is -1.19. The van der Waals surface area contributed by atoms with Crippen LogP contribution in [0.25, 0.3) is 0 Å². The highest BCUT2D eigenvalue weighted by Crippen LogP contribution is 2.27. The summed E-state index contributed by atoms with van der Waals surface area (Å²) in [5.74, 6) is -0.565. The number of carboxylic acids is 1. The molecule has 0 aliphatic rings. The molecule has 0 aliphatic carbocycles. The predicted molar refractivity (Wildman–Crippen MR) is 64.2 cm³/mol. The van der Waals surface area contributed by atoms with E-state index in [2.05, 4.69) is 0 Å². The summed E-state index contributed by atoms with van der Waals surface area (Å²) in [4.78, 5) is 10.9. The maximum atomic E-state index is 10.9. The lowest BCUT2D eigenvalue weighted by molar-refractivity contribution is -0.145. The standard InChI is InChI=1S/C13H18O4/c1-4-11(13(15)16)17-12-6-5-8(2)7-10(12)9(3)14/h5-7,9,11,14H,4H2,1-3H3,(H,15,16)/t9-,11?/m1/s1. The molecule has 0 saturated heterocycles. The fraction of sp³-hybridized carbons (Fsp3) is 0.462. The van der Waals surface area contributed by atoms with Crippen LogP contribution in [-0.2, 0) is 4.79 Å². The number of aliphatic hydroxyl groups is 1. The number of benzene rings is 1. The van der Waals surface area contributed by atoms with E-state index in [9.17, 15) is 9.90 Å². The Morgan fingerprint density at radius 1 is 1.47 bits per heavy atom. The average Bonchev–Trinajstić information content (AvgIpc) is 2.26. The molecule has 0 spiro atoms. The lowest BCUT2D eigenvalue weighted by Crippen LogP contribution is -2.26. The zero-order valence-corrected chi connectivity index (χ0v) is 10.3. The van der Waals surface area contributed by atoms with E-state index in [1.54, 1.807) is 26.0 Å². The topological polar surface area (TPSA) is 66.8 Å². The zero-order chi connectivity index (χ0) is 13.0. The van der Waals surface area contributed by atoms with Gasteiger partial charge in [-0.1, -0.05) is 18.6 Å². The first kappa shape index (κ1) is 13.5. The average molecular weight is 238 g/mol. The van der Waals surface area contributed by atoms with Gasteiger partial charge in [0.15, 0.2) is 6.10 Å². The third-order valence-electron chi connectivity index (χ3n) is 2.53. The summed E-state index contributed by atoms with van der Waals surface area (Å²) in [6, 6.07) is 5.33. The van der Waals surface area contributed by atoms with Crippen LogP contribution in [0.4, 0.5) is 0 Å². The largest absolute Gasteiger partial charge is 0.479 e. The highest BCUT2D eigenvalue weighted by atomic mass is 16.5. The monoisotopic (exact) mass is 238 g/mol. The Bertz CT molecular complexity index is 398. The van der Waals surface area contributed by atoms with Crippen molar-refractivity contribution in [2.45, 2.75) is 39.4 Å². The Morgan fingerprint density at radius 3 is 2.59 bits per heavy atom. The van der Waals surface area contributed by atoms with E-state index in [1.807, 2.05) is 13.0 Å². The number of carbonyl (C=O) groups is 1. The van der Waals surface area contributed by atoms with Gasteiger partial charge in [-0.05, 0) is 32.4 Å². The Kier molecular flexibility index (Phi) is 4.52. The molecule has 0 radical (unpaired) electrons. The quantitative estimate of drug-likeness (QED) is 0.826.